The second-order valence-corrected chi connectivity index (χ2v) is 6.02. The Morgan fingerprint density at radius 2 is 2.05 bits per heavy atom. The van der Waals surface area contributed by atoms with E-state index in [1.54, 1.807) is 18.3 Å². The molecule has 2 aliphatic heterocycles. The molecule has 3 atom stereocenters. The number of aromatic amines is 1. The predicted molar refractivity (Wildman–Crippen MR) is 83.1 cm³/mol. The van der Waals surface area contributed by atoms with Crippen molar-refractivity contribution in [2.24, 2.45) is 0 Å². The molecule has 1 aromatic heterocycles. The minimum atomic E-state index is -0.00854. The van der Waals surface area contributed by atoms with Gasteiger partial charge in [-0.3, -0.25) is 4.79 Å². The third-order valence-electron chi connectivity index (χ3n) is 4.53. The van der Waals surface area contributed by atoms with E-state index in [4.69, 9.17) is 4.74 Å². The number of hydrogen-bond donors (Lipinski definition) is 3. The summed E-state index contributed by atoms with van der Waals surface area (Å²) >= 11 is 0. The summed E-state index contributed by atoms with van der Waals surface area (Å²) in [5.74, 6) is 1.39. The standard InChI is InChI=1S/C17H19N3O2/c21-17(20-15-10-12-5-8-14(15)19-12)11-3-6-13(7-4-11)22-16-2-1-9-18-16/h1-4,6-7,9,12,14-15,18-19H,5,8,10H2,(H,20,21). The number of carbonyl (C=O) groups excluding carboxylic acids is 1. The summed E-state index contributed by atoms with van der Waals surface area (Å²) in [6.45, 7) is 0. The van der Waals surface area contributed by atoms with Crippen LogP contribution < -0.4 is 15.4 Å². The van der Waals surface area contributed by atoms with Crippen molar-refractivity contribution < 1.29 is 9.53 Å². The first-order chi connectivity index (χ1) is 10.8. The van der Waals surface area contributed by atoms with E-state index >= 15 is 0 Å². The van der Waals surface area contributed by atoms with Crippen molar-refractivity contribution in [1.82, 2.24) is 15.6 Å². The SMILES string of the molecule is O=C(NC1CC2CCC1N2)c1ccc(Oc2ccc[nH]2)cc1. The number of hydrogen-bond acceptors (Lipinski definition) is 3. The van der Waals surface area contributed by atoms with Gasteiger partial charge in [0.05, 0.1) is 0 Å². The maximum absolute atomic E-state index is 12.3. The Morgan fingerprint density at radius 3 is 2.68 bits per heavy atom. The predicted octanol–water partition coefficient (Wildman–Crippen LogP) is 2.43. The molecule has 1 aromatic carbocycles. The summed E-state index contributed by atoms with van der Waals surface area (Å²) in [7, 11) is 0. The van der Waals surface area contributed by atoms with Gasteiger partial charge < -0.3 is 20.4 Å². The third-order valence-corrected chi connectivity index (χ3v) is 4.53. The van der Waals surface area contributed by atoms with Crippen LogP contribution in [0.4, 0.5) is 0 Å². The van der Waals surface area contributed by atoms with Crippen molar-refractivity contribution in [3.8, 4) is 11.6 Å². The molecule has 4 rings (SSSR count). The lowest BCUT2D eigenvalue weighted by atomic mass is 9.95. The monoisotopic (exact) mass is 297 g/mol. The molecule has 5 heteroatoms. The molecule has 0 spiro atoms. The van der Waals surface area contributed by atoms with E-state index in [1.165, 1.54) is 12.8 Å². The topological polar surface area (TPSA) is 66.2 Å². The number of fused-ring (bicyclic) bond motifs is 2. The lowest BCUT2D eigenvalue weighted by molar-refractivity contribution is 0.0931. The van der Waals surface area contributed by atoms with Gasteiger partial charge in [-0.15, -0.1) is 0 Å². The van der Waals surface area contributed by atoms with Crippen LogP contribution in [0.1, 0.15) is 29.6 Å². The van der Waals surface area contributed by atoms with Crippen molar-refractivity contribution in [2.45, 2.75) is 37.4 Å². The van der Waals surface area contributed by atoms with Crippen LogP contribution in [0.2, 0.25) is 0 Å². The second kappa shape index (κ2) is 5.50. The van der Waals surface area contributed by atoms with Crippen molar-refractivity contribution in [3.63, 3.8) is 0 Å². The fourth-order valence-electron chi connectivity index (χ4n) is 3.41. The average Bonchev–Trinajstić information content (AvgIpc) is 3.25. The van der Waals surface area contributed by atoms with E-state index in [9.17, 15) is 4.79 Å². The van der Waals surface area contributed by atoms with E-state index < -0.39 is 0 Å². The Bertz CT molecular complexity index is 651. The van der Waals surface area contributed by atoms with Crippen LogP contribution in [0.5, 0.6) is 11.6 Å². The molecule has 2 fully saturated rings. The van der Waals surface area contributed by atoms with Gasteiger partial charge in [0, 0.05) is 36.0 Å². The summed E-state index contributed by atoms with van der Waals surface area (Å²) < 4.78 is 5.63. The van der Waals surface area contributed by atoms with Crippen LogP contribution in [0.15, 0.2) is 42.6 Å². The van der Waals surface area contributed by atoms with E-state index in [0.29, 0.717) is 29.3 Å². The first kappa shape index (κ1) is 13.4. The highest BCUT2D eigenvalue weighted by Crippen LogP contribution is 2.28. The number of benzene rings is 1. The van der Waals surface area contributed by atoms with Crippen LogP contribution in [-0.2, 0) is 0 Å². The first-order valence-electron chi connectivity index (χ1n) is 7.76. The van der Waals surface area contributed by atoms with Crippen LogP contribution in [0.3, 0.4) is 0 Å². The van der Waals surface area contributed by atoms with E-state index in [0.717, 1.165) is 6.42 Å². The summed E-state index contributed by atoms with van der Waals surface area (Å²) in [4.78, 5) is 15.3. The Balaban J connectivity index is 1.38. The lowest BCUT2D eigenvalue weighted by Gasteiger charge is -2.21. The summed E-state index contributed by atoms with van der Waals surface area (Å²) in [5, 5.41) is 6.67. The normalized spacial score (nSPS) is 26.1. The van der Waals surface area contributed by atoms with Gasteiger partial charge in [0.25, 0.3) is 5.91 Å². The quantitative estimate of drug-likeness (QED) is 0.812. The van der Waals surface area contributed by atoms with Gasteiger partial charge in [-0.2, -0.15) is 0 Å². The van der Waals surface area contributed by atoms with Crippen molar-refractivity contribution in [3.05, 3.63) is 48.2 Å². The minimum absolute atomic E-state index is 0.00854. The van der Waals surface area contributed by atoms with E-state index in [1.807, 2.05) is 24.3 Å². The second-order valence-electron chi connectivity index (χ2n) is 6.02. The zero-order valence-corrected chi connectivity index (χ0v) is 12.2. The molecule has 3 N–H and O–H groups in total. The molecule has 22 heavy (non-hydrogen) atoms. The van der Waals surface area contributed by atoms with Gasteiger partial charge in [0.2, 0.25) is 0 Å². The highest BCUT2D eigenvalue weighted by Gasteiger charge is 2.39. The number of aromatic nitrogens is 1. The molecule has 2 aromatic rings. The largest absolute Gasteiger partial charge is 0.441 e. The van der Waals surface area contributed by atoms with Gasteiger partial charge in [-0.1, -0.05) is 0 Å². The molecule has 5 nitrogen and oxygen atoms in total. The summed E-state index contributed by atoms with van der Waals surface area (Å²) in [6.07, 6.45) is 5.26. The number of carbonyl (C=O) groups is 1. The fraction of sp³-hybridized carbons (Fsp3) is 0.353. The molecular weight excluding hydrogens is 278 g/mol. The van der Waals surface area contributed by atoms with E-state index in [2.05, 4.69) is 15.6 Å². The molecule has 2 saturated heterocycles. The zero-order chi connectivity index (χ0) is 14.9. The Morgan fingerprint density at radius 1 is 1.18 bits per heavy atom. The zero-order valence-electron chi connectivity index (χ0n) is 12.2. The number of amides is 1. The van der Waals surface area contributed by atoms with Crippen LogP contribution in [0, 0.1) is 0 Å². The molecule has 0 aliphatic carbocycles. The number of nitrogens with one attached hydrogen (secondary N) is 3. The van der Waals surface area contributed by atoms with Crippen LogP contribution >= 0.6 is 0 Å². The Labute approximate surface area is 129 Å². The van der Waals surface area contributed by atoms with Crippen molar-refractivity contribution in [2.75, 3.05) is 0 Å². The average molecular weight is 297 g/mol. The lowest BCUT2D eigenvalue weighted by Crippen LogP contribution is -2.42. The molecule has 1 amide bonds. The highest BCUT2D eigenvalue weighted by molar-refractivity contribution is 5.94. The highest BCUT2D eigenvalue weighted by atomic mass is 16.5. The molecule has 0 saturated carbocycles. The van der Waals surface area contributed by atoms with Crippen molar-refractivity contribution in [1.29, 1.82) is 0 Å². The van der Waals surface area contributed by atoms with Gasteiger partial charge >= 0.3 is 0 Å². The molecule has 3 heterocycles. The van der Waals surface area contributed by atoms with Crippen LogP contribution in [0.25, 0.3) is 0 Å². The third kappa shape index (κ3) is 2.60. The molecule has 114 valence electrons. The van der Waals surface area contributed by atoms with E-state index in [-0.39, 0.29) is 11.9 Å². The van der Waals surface area contributed by atoms with Gasteiger partial charge in [-0.25, -0.2) is 0 Å². The fourth-order valence-corrected chi connectivity index (χ4v) is 3.41. The number of ether oxygens (including phenoxy) is 1. The maximum atomic E-state index is 12.3. The maximum Gasteiger partial charge on any atom is 0.251 e. The van der Waals surface area contributed by atoms with Gasteiger partial charge in [-0.05, 0) is 49.6 Å². The van der Waals surface area contributed by atoms with Gasteiger partial charge in [0.1, 0.15) is 5.75 Å². The van der Waals surface area contributed by atoms with Crippen molar-refractivity contribution >= 4 is 5.91 Å². The molecular formula is C17H19N3O2. The molecule has 2 bridgehead atoms. The number of rotatable bonds is 4. The number of H-pyrrole nitrogens is 1. The molecule has 0 radical (unpaired) electrons. The van der Waals surface area contributed by atoms with Crippen LogP contribution in [-0.4, -0.2) is 29.0 Å². The minimum Gasteiger partial charge on any atom is -0.441 e. The molecule has 3 unspecified atom stereocenters. The summed E-state index contributed by atoms with van der Waals surface area (Å²) in [6, 6.07) is 12.3. The summed E-state index contributed by atoms with van der Waals surface area (Å²) in [5.41, 5.74) is 0.668. The Hall–Kier alpha value is -2.27. The first-order valence-corrected chi connectivity index (χ1v) is 7.76. The smallest absolute Gasteiger partial charge is 0.251 e. The molecule has 2 aliphatic rings. The van der Waals surface area contributed by atoms with Gasteiger partial charge in [0.15, 0.2) is 5.88 Å². The Kier molecular flexibility index (Phi) is 3.35.